The number of hydrogen-bond acceptors (Lipinski definition) is 3. The molecule has 17 heavy (non-hydrogen) atoms. The highest BCUT2D eigenvalue weighted by atomic mass is 16.3. The Morgan fingerprint density at radius 1 is 1.47 bits per heavy atom. The predicted octanol–water partition coefficient (Wildman–Crippen LogP) is 1.86. The van der Waals surface area contributed by atoms with E-state index in [1.807, 2.05) is 0 Å². The van der Waals surface area contributed by atoms with E-state index in [2.05, 4.69) is 31.0 Å². The van der Waals surface area contributed by atoms with Gasteiger partial charge in [-0.3, -0.25) is 0 Å². The van der Waals surface area contributed by atoms with Gasteiger partial charge in [0.2, 0.25) is 0 Å². The first-order chi connectivity index (χ1) is 8.09. The van der Waals surface area contributed by atoms with Crippen LogP contribution in [0.25, 0.3) is 0 Å². The van der Waals surface area contributed by atoms with Gasteiger partial charge in [-0.2, -0.15) is 0 Å². The maximum absolute atomic E-state index is 9.47. The van der Waals surface area contributed by atoms with Gasteiger partial charge in [0.25, 0.3) is 0 Å². The number of nitrogens with zero attached hydrogens (tertiary/aromatic N) is 1. The quantitative estimate of drug-likeness (QED) is 0.682. The lowest BCUT2D eigenvalue weighted by Gasteiger charge is -2.29. The van der Waals surface area contributed by atoms with Gasteiger partial charge in [0.15, 0.2) is 0 Å². The Labute approximate surface area is 107 Å². The zero-order chi connectivity index (χ0) is 12.7. The van der Waals surface area contributed by atoms with Crippen LogP contribution in [0.4, 0.5) is 0 Å². The lowest BCUT2D eigenvalue weighted by atomic mass is 9.96. The first kappa shape index (κ1) is 14.9. The average molecular weight is 242 g/mol. The van der Waals surface area contributed by atoms with Crippen molar-refractivity contribution in [2.75, 3.05) is 32.8 Å². The number of aliphatic hydroxyl groups is 1. The van der Waals surface area contributed by atoms with Crippen molar-refractivity contribution in [3.8, 4) is 0 Å². The molecule has 2 atom stereocenters. The molecule has 0 radical (unpaired) electrons. The second-order valence-electron chi connectivity index (χ2n) is 5.94. The third-order valence-electron chi connectivity index (χ3n) is 3.86. The van der Waals surface area contributed by atoms with Gasteiger partial charge < -0.3 is 15.3 Å². The lowest BCUT2D eigenvalue weighted by molar-refractivity contribution is 0.158. The number of nitrogens with one attached hydrogen (secondary N) is 1. The highest BCUT2D eigenvalue weighted by Gasteiger charge is 2.23. The van der Waals surface area contributed by atoms with Crippen molar-refractivity contribution >= 4 is 0 Å². The topological polar surface area (TPSA) is 35.5 Å². The van der Waals surface area contributed by atoms with Crippen LogP contribution in [-0.4, -0.2) is 48.3 Å². The Morgan fingerprint density at radius 2 is 2.24 bits per heavy atom. The van der Waals surface area contributed by atoms with Crippen molar-refractivity contribution in [1.82, 2.24) is 10.2 Å². The molecule has 1 rings (SSSR count). The van der Waals surface area contributed by atoms with Crippen LogP contribution in [0.2, 0.25) is 0 Å². The summed E-state index contributed by atoms with van der Waals surface area (Å²) in [5.41, 5.74) is -0.0820. The Morgan fingerprint density at radius 3 is 2.76 bits per heavy atom. The Bertz CT molecular complexity index is 210. The average Bonchev–Trinajstić information content (AvgIpc) is 2.72. The second-order valence-corrected chi connectivity index (χ2v) is 5.94. The van der Waals surface area contributed by atoms with Crippen LogP contribution in [-0.2, 0) is 0 Å². The second kappa shape index (κ2) is 7.34. The smallest absolute Gasteiger partial charge is 0.0610 e. The molecule has 0 saturated carbocycles. The summed E-state index contributed by atoms with van der Waals surface area (Å²) < 4.78 is 0. The largest absolute Gasteiger partial charge is 0.394 e. The third-order valence-corrected chi connectivity index (χ3v) is 3.86. The minimum atomic E-state index is -0.0820. The summed E-state index contributed by atoms with van der Waals surface area (Å²) in [7, 11) is 0. The Kier molecular flexibility index (Phi) is 6.45. The highest BCUT2D eigenvalue weighted by molar-refractivity contribution is 4.83. The molecule has 1 saturated heterocycles. The van der Waals surface area contributed by atoms with Crippen LogP contribution in [0.3, 0.4) is 0 Å². The van der Waals surface area contributed by atoms with Crippen molar-refractivity contribution in [2.45, 2.75) is 52.0 Å². The van der Waals surface area contributed by atoms with Crippen molar-refractivity contribution in [3.05, 3.63) is 0 Å². The number of hydrogen-bond donors (Lipinski definition) is 2. The molecule has 0 aliphatic carbocycles. The van der Waals surface area contributed by atoms with Crippen LogP contribution in [0.1, 0.15) is 46.5 Å². The normalized spacial score (nSPS) is 25.1. The Hall–Kier alpha value is -0.120. The summed E-state index contributed by atoms with van der Waals surface area (Å²) in [6.45, 7) is 11.6. The SMILES string of the molecule is CCCNC(C)(CO)CCCN1CCC(C)C1. The molecule has 1 heterocycles. The minimum Gasteiger partial charge on any atom is -0.394 e. The summed E-state index contributed by atoms with van der Waals surface area (Å²) in [5, 5.41) is 12.9. The number of aliphatic hydroxyl groups excluding tert-OH is 1. The third kappa shape index (κ3) is 5.36. The molecule has 0 aromatic carbocycles. The van der Waals surface area contributed by atoms with E-state index in [-0.39, 0.29) is 12.1 Å². The molecule has 0 bridgehead atoms. The van der Waals surface area contributed by atoms with Gasteiger partial charge in [-0.05, 0) is 58.2 Å². The van der Waals surface area contributed by atoms with Gasteiger partial charge in [0.05, 0.1) is 6.61 Å². The molecule has 0 aromatic rings. The van der Waals surface area contributed by atoms with E-state index in [1.165, 1.54) is 32.5 Å². The first-order valence-electron chi connectivity index (χ1n) is 7.18. The molecule has 3 heteroatoms. The summed E-state index contributed by atoms with van der Waals surface area (Å²) >= 11 is 0. The maximum Gasteiger partial charge on any atom is 0.0610 e. The Balaban J connectivity index is 2.18. The maximum atomic E-state index is 9.47. The predicted molar refractivity (Wildman–Crippen MR) is 73.2 cm³/mol. The lowest BCUT2D eigenvalue weighted by Crippen LogP contribution is -2.46. The fourth-order valence-electron chi connectivity index (χ4n) is 2.57. The molecule has 0 spiro atoms. The van der Waals surface area contributed by atoms with E-state index < -0.39 is 0 Å². The number of rotatable bonds is 8. The van der Waals surface area contributed by atoms with Crippen molar-refractivity contribution in [3.63, 3.8) is 0 Å². The van der Waals surface area contributed by atoms with Gasteiger partial charge >= 0.3 is 0 Å². The minimum absolute atomic E-state index is 0.0820. The molecule has 102 valence electrons. The van der Waals surface area contributed by atoms with E-state index in [9.17, 15) is 5.11 Å². The van der Waals surface area contributed by atoms with E-state index in [4.69, 9.17) is 0 Å². The van der Waals surface area contributed by atoms with Crippen LogP contribution in [0, 0.1) is 5.92 Å². The van der Waals surface area contributed by atoms with Crippen molar-refractivity contribution in [2.24, 2.45) is 5.92 Å². The van der Waals surface area contributed by atoms with E-state index in [0.29, 0.717) is 0 Å². The van der Waals surface area contributed by atoms with Gasteiger partial charge in [-0.1, -0.05) is 13.8 Å². The van der Waals surface area contributed by atoms with Crippen LogP contribution in [0.5, 0.6) is 0 Å². The number of likely N-dealkylation sites (tertiary alicyclic amines) is 1. The van der Waals surface area contributed by atoms with Crippen molar-refractivity contribution in [1.29, 1.82) is 0 Å². The molecule has 1 aliphatic heterocycles. The van der Waals surface area contributed by atoms with Crippen LogP contribution >= 0.6 is 0 Å². The molecular formula is C14H30N2O. The molecule has 2 N–H and O–H groups in total. The molecule has 1 fully saturated rings. The molecule has 2 unspecified atom stereocenters. The van der Waals surface area contributed by atoms with Crippen LogP contribution in [0.15, 0.2) is 0 Å². The zero-order valence-electron chi connectivity index (χ0n) is 11.8. The van der Waals surface area contributed by atoms with Gasteiger partial charge in [-0.25, -0.2) is 0 Å². The van der Waals surface area contributed by atoms with E-state index in [0.717, 1.165) is 25.3 Å². The first-order valence-corrected chi connectivity index (χ1v) is 7.18. The van der Waals surface area contributed by atoms with Crippen molar-refractivity contribution < 1.29 is 5.11 Å². The van der Waals surface area contributed by atoms with Gasteiger partial charge in [-0.15, -0.1) is 0 Å². The molecule has 0 aromatic heterocycles. The summed E-state index contributed by atoms with van der Waals surface area (Å²) in [4.78, 5) is 2.56. The zero-order valence-corrected chi connectivity index (χ0v) is 11.8. The van der Waals surface area contributed by atoms with E-state index >= 15 is 0 Å². The summed E-state index contributed by atoms with van der Waals surface area (Å²) in [6, 6.07) is 0. The van der Waals surface area contributed by atoms with Gasteiger partial charge in [0, 0.05) is 12.1 Å². The highest BCUT2D eigenvalue weighted by Crippen LogP contribution is 2.17. The monoisotopic (exact) mass is 242 g/mol. The summed E-state index contributed by atoms with van der Waals surface area (Å²) in [5.74, 6) is 0.873. The van der Waals surface area contributed by atoms with Gasteiger partial charge in [0.1, 0.15) is 0 Å². The molecular weight excluding hydrogens is 212 g/mol. The molecule has 1 aliphatic rings. The van der Waals surface area contributed by atoms with E-state index in [1.54, 1.807) is 0 Å². The fourth-order valence-corrected chi connectivity index (χ4v) is 2.57. The molecule has 3 nitrogen and oxygen atoms in total. The summed E-state index contributed by atoms with van der Waals surface area (Å²) in [6.07, 6.45) is 4.72. The standard InChI is InChI=1S/C14H30N2O/c1-4-8-15-14(3,12-17)7-5-9-16-10-6-13(2)11-16/h13,15,17H,4-12H2,1-3H3. The van der Waals surface area contributed by atoms with Crippen LogP contribution < -0.4 is 5.32 Å². The fraction of sp³-hybridized carbons (Fsp3) is 1.00. The molecule has 0 amide bonds.